The Morgan fingerprint density at radius 1 is 1.00 bits per heavy atom. The number of aliphatic carboxylic acids is 1. The van der Waals surface area contributed by atoms with Crippen molar-refractivity contribution in [3.8, 4) is 0 Å². The Kier molecular flexibility index (Phi) is 14.7. The minimum absolute atomic E-state index is 0.0625. The van der Waals surface area contributed by atoms with Crippen LogP contribution in [0.1, 0.15) is 60.3 Å². The molecule has 0 aliphatic heterocycles. The Hall–Kier alpha value is -2.02. The number of carbonyl (C=O) groups excluding carboxylic acids is 2. The number of carboxylic acid groups (broad SMARTS) is 1. The zero-order valence-electron chi connectivity index (χ0n) is 18.2. The van der Waals surface area contributed by atoms with Crippen LogP contribution in [0.5, 0.6) is 0 Å². The summed E-state index contributed by atoms with van der Waals surface area (Å²) in [6, 6.07) is -1.13. The summed E-state index contributed by atoms with van der Waals surface area (Å²) in [5.41, 5.74) is 3.99. The number of carbonyl (C=O) groups is 3. The van der Waals surface area contributed by atoms with Gasteiger partial charge in [-0.05, 0) is 60.3 Å². The number of rotatable bonds is 13. The zero-order chi connectivity index (χ0) is 22.2. The lowest BCUT2D eigenvalue weighted by atomic mass is 10.1. The summed E-state index contributed by atoms with van der Waals surface area (Å²) < 4.78 is 4.56. The van der Waals surface area contributed by atoms with Crippen LogP contribution in [0.3, 0.4) is 0 Å². The average Bonchev–Trinajstić information content (AvgIpc) is 2.63. The van der Waals surface area contributed by atoms with E-state index in [9.17, 15) is 19.5 Å². The van der Waals surface area contributed by atoms with Gasteiger partial charge in [0.05, 0.1) is 6.61 Å². The highest BCUT2D eigenvalue weighted by molar-refractivity contribution is 7.99. The Bertz CT molecular complexity index is 633. The number of thioether (sulfide) groups is 1. The first-order valence-corrected chi connectivity index (χ1v) is 11.1. The molecule has 0 aromatic carbocycles. The highest BCUT2D eigenvalue weighted by Gasteiger charge is 2.24. The topological polar surface area (TPSA) is 92.7 Å². The van der Waals surface area contributed by atoms with Crippen molar-refractivity contribution in [3.63, 3.8) is 0 Å². The lowest BCUT2D eigenvalue weighted by Crippen LogP contribution is -2.46. The van der Waals surface area contributed by atoms with Gasteiger partial charge in [-0.25, -0.2) is 9.59 Å². The lowest BCUT2D eigenvalue weighted by molar-refractivity contribution is -0.155. The maximum atomic E-state index is 11.6. The van der Waals surface area contributed by atoms with Gasteiger partial charge in [0.15, 0.2) is 0 Å². The highest BCUT2D eigenvalue weighted by Crippen LogP contribution is 2.13. The third kappa shape index (κ3) is 14.6. The van der Waals surface area contributed by atoms with E-state index in [0.717, 1.165) is 25.7 Å². The summed E-state index contributed by atoms with van der Waals surface area (Å²) in [4.78, 5) is 34.1. The second-order valence-corrected chi connectivity index (χ2v) is 8.16. The van der Waals surface area contributed by atoms with E-state index >= 15 is 0 Å². The maximum Gasteiger partial charge on any atom is 0.396 e. The van der Waals surface area contributed by atoms with Crippen molar-refractivity contribution in [1.29, 1.82) is 0 Å². The molecule has 1 atom stereocenters. The summed E-state index contributed by atoms with van der Waals surface area (Å²) in [5.74, 6) is -2.45. The number of ether oxygens (including phenoxy) is 1. The summed E-state index contributed by atoms with van der Waals surface area (Å²) in [6.45, 7) is 10.1. The van der Waals surface area contributed by atoms with Crippen LogP contribution in [0.2, 0.25) is 0 Å². The number of nitrogens with one attached hydrogen (secondary N) is 1. The molecule has 2 N–H and O–H groups in total. The van der Waals surface area contributed by atoms with Gasteiger partial charge < -0.3 is 15.2 Å². The first-order valence-electron chi connectivity index (χ1n) is 9.90. The quantitative estimate of drug-likeness (QED) is 0.198. The first-order chi connectivity index (χ1) is 13.7. The van der Waals surface area contributed by atoms with Gasteiger partial charge in [-0.1, -0.05) is 34.9 Å². The molecule has 7 heteroatoms. The fraction of sp³-hybridized carbons (Fsp3) is 0.591. The largest absolute Gasteiger partial charge is 0.480 e. The van der Waals surface area contributed by atoms with E-state index in [1.807, 2.05) is 0 Å². The summed E-state index contributed by atoms with van der Waals surface area (Å²) in [6.07, 6.45) is 10.7. The minimum Gasteiger partial charge on any atom is -0.480 e. The van der Waals surface area contributed by atoms with E-state index in [-0.39, 0.29) is 12.4 Å². The SMILES string of the molecule is CCOC(=O)C(=O)NC(CSC/C=C(\C)CC/C=C(\C)CCC=C(C)C)C(=O)O. The van der Waals surface area contributed by atoms with Crippen molar-refractivity contribution < 1.29 is 24.2 Å². The second kappa shape index (κ2) is 15.9. The van der Waals surface area contributed by atoms with Crippen molar-refractivity contribution in [1.82, 2.24) is 5.32 Å². The zero-order valence-corrected chi connectivity index (χ0v) is 19.1. The molecule has 6 nitrogen and oxygen atoms in total. The van der Waals surface area contributed by atoms with Crippen LogP contribution in [0, 0.1) is 0 Å². The summed E-state index contributed by atoms with van der Waals surface area (Å²) >= 11 is 1.39. The summed E-state index contributed by atoms with van der Waals surface area (Å²) in [7, 11) is 0. The van der Waals surface area contributed by atoms with E-state index in [1.54, 1.807) is 6.92 Å². The Morgan fingerprint density at radius 3 is 2.14 bits per heavy atom. The van der Waals surface area contributed by atoms with Crippen molar-refractivity contribution in [2.45, 2.75) is 66.3 Å². The van der Waals surface area contributed by atoms with Gasteiger partial charge >= 0.3 is 17.8 Å². The van der Waals surface area contributed by atoms with Crippen LogP contribution < -0.4 is 5.32 Å². The normalized spacial score (nSPS) is 12.9. The Labute approximate surface area is 178 Å². The van der Waals surface area contributed by atoms with Crippen LogP contribution in [-0.2, 0) is 19.1 Å². The molecule has 0 saturated heterocycles. The van der Waals surface area contributed by atoms with Gasteiger partial charge in [0.25, 0.3) is 0 Å². The molecule has 164 valence electrons. The number of carboxylic acids is 1. The van der Waals surface area contributed by atoms with Crippen molar-refractivity contribution in [3.05, 3.63) is 34.9 Å². The van der Waals surface area contributed by atoms with E-state index in [1.165, 1.54) is 28.5 Å². The monoisotopic (exact) mass is 425 g/mol. The van der Waals surface area contributed by atoms with Crippen LogP contribution in [0.4, 0.5) is 0 Å². The maximum absolute atomic E-state index is 11.6. The fourth-order valence-corrected chi connectivity index (χ4v) is 3.31. The molecule has 0 bridgehead atoms. The van der Waals surface area contributed by atoms with E-state index < -0.39 is 23.9 Å². The van der Waals surface area contributed by atoms with Crippen LogP contribution in [0.15, 0.2) is 34.9 Å². The molecule has 1 amide bonds. The minimum atomic E-state index is -1.18. The fourth-order valence-electron chi connectivity index (χ4n) is 2.31. The number of allylic oxidation sites excluding steroid dienone is 5. The van der Waals surface area contributed by atoms with Gasteiger partial charge in [-0.3, -0.25) is 4.79 Å². The lowest BCUT2D eigenvalue weighted by Gasteiger charge is -2.13. The van der Waals surface area contributed by atoms with Crippen LogP contribution in [0.25, 0.3) is 0 Å². The van der Waals surface area contributed by atoms with Gasteiger partial charge in [0, 0.05) is 11.5 Å². The van der Waals surface area contributed by atoms with E-state index in [0.29, 0.717) is 5.75 Å². The molecule has 0 spiro atoms. The molecular formula is C22H35NO5S. The van der Waals surface area contributed by atoms with Crippen LogP contribution >= 0.6 is 11.8 Å². The number of hydrogen-bond donors (Lipinski definition) is 2. The van der Waals surface area contributed by atoms with Crippen LogP contribution in [-0.4, -0.2) is 47.1 Å². The van der Waals surface area contributed by atoms with Crippen molar-refractivity contribution >= 4 is 29.6 Å². The third-order valence-electron chi connectivity index (χ3n) is 4.02. The highest BCUT2D eigenvalue weighted by atomic mass is 32.2. The Balaban J connectivity index is 4.27. The molecule has 0 heterocycles. The van der Waals surface area contributed by atoms with Gasteiger partial charge in [-0.15, -0.1) is 0 Å². The molecule has 0 aliphatic rings. The van der Waals surface area contributed by atoms with Gasteiger partial charge in [0.1, 0.15) is 6.04 Å². The molecule has 0 radical (unpaired) electrons. The average molecular weight is 426 g/mol. The smallest absolute Gasteiger partial charge is 0.396 e. The predicted octanol–water partition coefficient (Wildman–Crippen LogP) is 4.27. The first kappa shape index (κ1) is 27.0. The van der Waals surface area contributed by atoms with E-state index in [4.69, 9.17) is 0 Å². The molecule has 0 aliphatic carbocycles. The molecule has 0 aromatic rings. The number of amides is 1. The molecule has 0 saturated carbocycles. The van der Waals surface area contributed by atoms with Crippen molar-refractivity contribution in [2.24, 2.45) is 0 Å². The second-order valence-electron chi connectivity index (χ2n) is 7.08. The van der Waals surface area contributed by atoms with Crippen molar-refractivity contribution in [2.75, 3.05) is 18.1 Å². The number of esters is 1. The molecular weight excluding hydrogens is 390 g/mol. The predicted molar refractivity (Wildman–Crippen MR) is 119 cm³/mol. The molecule has 0 rings (SSSR count). The Morgan fingerprint density at radius 2 is 1.59 bits per heavy atom. The van der Waals surface area contributed by atoms with Gasteiger partial charge in [0.2, 0.25) is 0 Å². The third-order valence-corrected chi connectivity index (χ3v) is 4.99. The number of hydrogen-bond acceptors (Lipinski definition) is 5. The standard InChI is InChI=1S/C22H35NO5S/c1-6-28-22(27)20(24)23-19(21(25)26)15-29-14-13-18(5)12-8-11-17(4)10-7-9-16(2)3/h9,11,13,19H,6-8,10,12,14-15H2,1-5H3,(H,23,24)(H,25,26)/b17-11+,18-13+. The molecule has 29 heavy (non-hydrogen) atoms. The molecule has 1 unspecified atom stereocenters. The van der Waals surface area contributed by atoms with Gasteiger partial charge in [-0.2, -0.15) is 11.8 Å². The summed E-state index contributed by atoms with van der Waals surface area (Å²) in [5, 5.41) is 11.4. The molecule has 0 aromatic heterocycles. The van der Waals surface area contributed by atoms with E-state index in [2.05, 4.69) is 56.0 Å². The molecule has 0 fully saturated rings.